The lowest BCUT2D eigenvalue weighted by atomic mass is 9.94. The van der Waals surface area contributed by atoms with Gasteiger partial charge in [0.15, 0.2) is 0 Å². The second-order valence-electron chi connectivity index (χ2n) is 6.60. The molecule has 1 heterocycles. The van der Waals surface area contributed by atoms with Gasteiger partial charge in [0.05, 0.1) is 17.9 Å². The minimum absolute atomic E-state index is 0.0721. The largest absolute Gasteiger partial charge is 0.472 e. The van der Waals surface area contributed by atoms with Crippen LogP contribution in [0.25, 0.3) is 0 Å². The fourth-order valence-electron chi connectivity index (χ4n) is 3.20. The first-order valence-electron chi connectivity index (χ1n) is 8.60. The first kappa shape index (κ1) is 22.2. The molecule has 2 aromatic rings. The average molecular weight is 461 g/mol. The minimum Gasteiger partial charge on any atom is -0.472 e. The molecule has 10 heteroatoms. The zero-order valence-electron chi connectivity index (χ0n) is 15.7. The summed E-state index contributed by atoms with van der Waals surface area (Å²) in [4.78, 5) is 10.8. The first-order valence-corrected chi connectivity index (χ1v) is 10.5. The Kier molecular flexibility index (Phi) is 5.88. The van der Waals surface area contributed by atoms with Crippen molar-refractivity contribution < 1.29 is 35.9 Å². The number of carbonyl (C=O) groups is 1. The van der Waals surface area contributed by atoms with E-state index in [-0.39, 0.29) is 15.5 Å². The van der Waals surface area contributed by atoms with Crippen molar-refractivity contribution in [1.29, 1.82) is 0 Å². The average Bonchev–Trinajstić information content (AvgIpc) is 3.10. The van der Waals surface area contributed by atoms with E-state index in [1.807, 2.05) is 0 Å². The molecule has 0 bridgehead atoms. The molecule has 30 heavy (non-hydrogen) atoms. The molecule has 0 radical (unpaired) electrons. The molecule has 1 aliphatic rings. The number of benzene rings is 2. The zero-order chi connectivity index (χ0) is 22.3. The standard InChI is InChI=1S/C20H16ClF3O5S/c1-11-6-8-14(9-7-11)30(26,27)17-15(12-4-3-5-13(21)10-12)16(19(25)28-2)29-18(17)20(22,23)24/h3-10,15-16H,1-2H3/t15-,16+/m0/s1. The van der Waals surface area contributed by atoms with Gasteiger partial charge < -0.3 is 9.47 Å². The second kappa shape index (κ2) is 7.96. The summed E-state index contributed by atoms with van der Waals surface area (Å²) in [6.45, 7) is 1.71. The Morgan fingerprint density at radius 3 is 2.30 bits per heavy atom. The third-order valence-corrected chi connectivity index (χ3v) is 6.72. The van der Waals surface area contributed by atoms with Crippen LogP contribution in [0.2, 0.25) is 5.02 Å². The number of aryl methyl sites for hydroxylation is 1. The maximum Gasteiger partial charge on any atom is 0.450 e. The van der Waals surface area contributed by atoms with Gasteiger partial charge in [-0.3, -0.25) is 0 Å². The monoisotopic (exact) mass is 460 g/mol. The van der Waals surface area contributed by atoms with Crippen LogP contribution >= 0.6 is 11.6 Å². The van der Waals surface area contributed by atoms with Crippen LogP contribution in [-0.4, -0.2) is 33.8 Å². The van der Waals surface area contributed by atoms with Gasteiger partial charge in [0.2, 0.25) is 21.7 Å². The Morgan fingerprint density at radius 1 is 1.13 bits per heavy atom. The van der Waals surface area contributed by atoms with E-state index in [2.05, 4.69) is 4.74 Å². The van der Waals surface area contributed by atoms with Crippen molar-refractivity contribution in [2.75, 3.05) is 7.11 Å². The van der Waals surface area contributed by atoms with Crippen molar-refractivity contribution in [3.63, 3.8) is 0 Å². The quantitative estimate of drug-likeness (QED) is 0.626. The van der Waals surface area contributed by atoms with E-state index in [0.717, 1.165) is 12.7 Å². The van der Waals surface area contributed by atoms with Gasteiger partial charge in [-0.2, -0.15) is 13.2 Å². The number of allylic oxidation sites excluding steroid dienone is 1. The highest BCUT2D eigenvalue weighted by Gasteiger charge is 2.56. The Bertz CT molecular complexity index is 1110. The van der Waals surface area contributed by atoms with Crippen LogP contribution in [0.15, 0.2) is 64.1 Å². The predicted molar refractivity (Wildman–Crippen MR) is 103 cm³/mol. The number of alkyl halides is 3. The molecule has 160 valence electrons. The van der Waals surface area contributed by atoms with Gasteiger partial charge in [-0.1, -0.05) is 41.4 Å². The summed E-state index contributed by atoms with van der Waals surface area (Å²) in [5.74, 6) is -4.49. The van der Waals surface area contributed by atoms with Crippen LogP contribution in [-0.2, 0) is 24.1 Å². The molecule has 3 rings (SSSR count). The summed E-state index contributed by atoms with van der Waals surface area (Å²) in [7, 11) is -3.72. The molecular formula is C20H16ClF3O5S. The van der Waals surface area contributed by atoms with Gasteiger partial charge in [0.1, 0.15) is 4.91 Å². The summed E-state index contributed by atoms with van der Waals surface area (Å²) in [6.07, 6.45) is -7.01. The van der Waals surface area contributed by atoms with Crippen LogP contribution in [0.1, 0.15) is 17.0 Å². The summed E-state index contributed by atoms with van der Waals surface area (Å²) >= 11 is 5.96. The normalized spacial score (nSPS) is 19.5. The molecular weight excluding hydrogens is 445 g/mol. The Morgan fingerprint density at radius 2 is 1.77 bits per heavy atom. The number of halogens is 4. The van der Waals surface area contributed by atoms with Crippen molar-refractivity contribution in [1.82, 2.24) is 0 Å². The molecule has 0 saturated carbocycles. The van der Waals surface area contributed by atoms with Gasteiger partial charge in [-0.05, 0) is 36.8 Å². The van der Waals surface area contributed by atoms with Gasteiger partial charge in [0.25, 0.3) is 0 Å². The topological polar surface area (TPSA) is 69.7 Å². The van der Waals surface area contributed by atoms with E-state index >= 15 is 0 Å². The number of hydrogen-bond acceptors (Lipinski definition) is 5. The minimum atomic E-state index is -5.16. The predicted octanol–water partition coefficient (Wildman–Crippen LogP) is 4.55. The Balaban J connectivity index is 2.31. The molecule has 0 amide bonds. The number of esters is 1. The molecule has 0 saturated heterocycles. The lowest BCUT2D eigenvalue weighted by Gasteiger charge is -2.20. The molecule has 0 fully saturated rings. The van der Waals surface area contributed by atoms with E-state index < -0.39 is 44.7 Å². The highest BCUT2D eigenvalue weighted by molar-refractivity contribution is 7.95. The third kappa shape index (κ3) is 4.04. The molecule has 1 aliphatic heterocycles. The molecule has 0 unspecified atom stereocenters. The molecule has 0 spiro atoms. The Labute approximate surface area is 176 Å². The number of hydrogen-bond donors (Lipinski definition) is 0. The summed E-state index contributed by atoms with van der Waals surface area (Å²) < 4.78 is 77.5. The maximum atomic E-state index is 13.8. The summed E-state index contributed by atoms with van der Waals surface area (Å²) in [5.41, 5.74) is 0.795. The highest BCUT2D eigenvalue weighted by Crippen LogP contribution is 2.49. The van der Waals surface area contributed by atoms with Crippen LogP contribution in [0.3, 0.4) is 0 Å². The van der Waals surface area contributed by atoms with Gasteiger partial charge in [-0.25, -0.2) is 13.2 Å². The van der Waals surface area contributed by atoms with Crippen LogP contribution in [0, 0.1) is 6.92 Å². The molecule has 0 N–H and O–H groups in total. The maximum absolute atomic E-state index is 13.8. The van der Waals surface area contributed by atoms with Crippen molar-refractivity contribution in [3.05, 3.63) is 75.3 Å². The van der Waals surface area contributed by atoms with E-state index in [4.69, 9.17) is 16.3 Å². The van der Waals surface area contributed by atoms with E-state index in [1.165, 1.54) is 48.5 Å². The van der Waals surface area contributed by atoms with E-state index in [0.29, 0.717) is 0 Å². The second-order valence-corrected chi connectivity index (χ2v) is 8.96. The fourth-order valence-corrected chi connectivity index (χ4v) is 5.15. The molecule has 5 nitrogen and oxygen atoms in total. The fraction of sp³-hybridized carbons (Fsp3) is 0.250. The summed E-state index contributed by atoms with van der Waals surface area (Å²) in [6, 6.07) is 10.9. The van der Waals surface area contributed by atoms with Crippen LogP contribution in [0.4, 0.5) is 13.2 Å². The molecule has 0 aromatic heterocycles. The van der Waals surface area contributed by atoms with Crippen LogP contribution < -0.4 is 0 Å². The number of rotatable bonds is 4. The lowest BCUT2D eigenvalue weighted by molar-refractivity contribution is -0.161. The molecule has 2 aromatic carbocycles. The number of sulfone groups is 1. The van der Waals surface area contributed by atoms with Crippen molar-refractivity contribution >= 4 is 27.4 Å². The van der Waals surface area contributed by atoms with Crippen molar-refractivity contribution in [2.45, 2.75) is 30.0 Å². The summed E-state index contributed by atoms with van der Waals surface area (Å²) in [5, 5.41) is 0.156. The van der Waals surface area contributed by atoms with Crippen molar-refractivity contribution in [3.8, 4) is 0 Å². The van der Waals surface area contributed by atoms with E-state index in [1.54, 1.807) is 6.92 Å². The number of methoxy groups -OCH3 is 1. The zero-order valence-corrected chi connectivity index (χ0v) is 17.3. The van der Waals surface area contributed by atoms with Crippen molar-refractivity contribution in [2.24, 2.45) is 0 Å². The number of ether oxygens (including phenoxy) is 2. The lowest BCUT2D eigenvalue weighted by Crippen LogP contribution is -2.30. The first-order chi connectivity index (χ1) is 14.0. The van der Waals surface area contributed by atoms with Crippen LogP contribution in [0.5, 0.6) is 0 Å². The molecule has 2 atom stereocenters. The highest BCUT2D eigenvalue weighted by atomic mass is 35.5. The van der Waals surface area contributed by atoms with Gasteiger partial charge in [0, 0.05) is 5.02 Å². The number of carbonyl (C=O) groups excluding carboxylic acids is 1. The SMILES string of the molecule is COC(=O)[C@@H]1OC(C(F)(F)F)=C(S(=O)(=O)c2ccc(C)cc2)[C@H]1c1cccc(Cl)c1. The smallest absolute Gasteiger partial charge is 0.450 e. The van der Waals surface area contributed by atoms with Gasteiger partial charge >= 0.3 is 12.1 Å². The third-order valence-electron chi connectivity index (χ3n) is 4.57. The Hall–Kier alpha value is -2.52. The molecule has 0 aliphatic carbocycles. The van der Waals surface area contributed by atoms with Gasteiger partial charge in [-0.15, -0.1) is 0 Å². The van der Waals surface area contributed by atoms with E-state index in [9.17, 15) is 26.4 Å².